The molecule has 0 N–H and O–H groups in total. The Kier molecular flexibility index (Phi) is 9.12. The molecule has 216 valence electrons. The van der Waals surface area contributed by atoms with Crippen molar-refractivity contribution in [3.63, 3.8) is 0 Å². The van der Waals surface area contributed by atoms with Crippen molar-refractivity contribution in [2.45, 2.75) is 111 Å². The van der Waals surface area contributed by atoms with E-state index >= 15 is 0 Å². The van der Waals surface area contributed by atoms with Gasteiger partial charge in [-0.3, -0.25) is 9.59 Å². The Hall–Kier alpha value is -1.92. The van der Waals surface area contributed by atoms with Gasteiger partial charge in [0.1, 0.15) is 0 Å². The molecule has 0 radical (unpaired) electrons. The minimum atomic E-state index is -0.212. The molecule has 1 heterocycles. The highest BCUT2D eigenvalue weighted by Crippen LogP contribution is 2.58. The van der Waals surface area contributed by atoms with Crippen LogP contribution in [0, 0.1) is 19.8 Å². The summed E-state index contributed by atoms with van der Waals surface area (Å²) in [5, 5.41) is 0. The fourth-order valence-corrected chi connectivity index (χ4v) is 7.35. The zero-order valence-electron chi connectivity index (χ0n) is 25.5. The molecule has 0 bridgehead atoms. The third-order valence-corrected chi connectivity index (χ3v) is 10.5. The van der Waals surface area contributed by atoms with E-state index in [9.17, 15) is 9.59 Å². The number of hydrogen-bond donors (Lipinski definition) is 0. The third-order valence-electron chi connectivity index (χ3n) is 8.53. The van der Waals surface area contributed by atoms with Gasteiger partial charge in [0.15, 0.2) is 0 Å². The average Bonchev–Trinajstić information content (AvgIpc) is 3.59. The standard InChI is InChI=1S/C34H44Br2N2O2/c1-19(2)14-29(39)38(25-12-13-27(35)21(5)15-25)23(7)10-11-24-17-26(24)31-32-28(16-22(6)33(31)36)37(20(3)4)30(40)18-34(32,8)9/h12-16,20,23-24,26H,10-11,17-18H2,1-9H3/t23?,24?,26-/m0/s1. The van der Waals surface area contributed by atoms with Gasteiger partial charge in [-0.1, -0.05) is 51.3 Å². The molecule has 3 atom stereocenters. The van der Waals surface area contributed by atoms with E-state index in [0.29, 0.717) is 18.3 Å². The summed E-state index contributed by atoms with van der Waals surface area (Å²) >= 11 is 7.57. The van der Waals surface area contributed by atoms with Crippen LogP contribution in [-0.2, 0) is 15.0 Å². The molecule has 4 rings (SSSR count). The summed E-state index contributed by atoms with van der Waals surface area (Å²) in [6, 6.07) is 8.56. The van der Waals surface area contributed by atoms with Crippen LogP contribution in [0.4, 0.5) is 11.4 Å². The van der Waals surface area contributed by atoms with Crippen LogP contribution in [0.1, 0.15) is 102 Å². The number of nitrogens with zero attached hydrogens (tertiary/aromatic N) is 2. The Morgan fingerprint density at radius 3 is 2.40 bits per heavy atom. The number of aryl methyl sites for hydroxylation is 2. The normalized spacial score (nSPS) is 20.3. The van der Waals surface area contributed by atoms with Gasteiger partial charge < -0.3 is 9.80 Å². The zero-order valence-corrected chi connectivity index (χ0v) is 28.7. The van der Waals surface area contributed by atoms with E-state index in [0.717, 1.165) is 46.2 Å². The van der Waals surface area contributed by atoms with Crippen LogP contribution in [0.25, 0.3) is 0 Å². The first-order valence-corrected chi connectivity index (χ1v) is 16.1. The Morgan fingerprint density at radius 1 is 1.12 bits per heavy atom. The molecule has 1 fully saturated rings. The largest absolute Gasteiger partial charge is 0.310 e. The van der Waals surface area contributed by atoms with Gasteiger partial charge in [0.2, 0.25) is 5.91 Å². The van der Waals surface area contributed by atoms with Gasteiger partial charge in [-0.15, -0.1) is 0 Å². The van der Waals surface area contributed by atoms with E-state index in [1.54, 1.807) is 6.08 Å². The number of rotatable bonds is 8. The second kappa shape index (κ2) is 11.8. The van der Waals surface area contributed by atoms with Gasteiger partial charge in [0.25, 0.3) is 5.91 Å². The van der Waals surface area contributed by atoms with Gasteiger partial charge >= 0.3 is 0 Å². The Balaban J connectivity index is 1.60. The molecule has 0 spiro atoms. The fourth-order valence-electron chi connectivity index (χ4n) is 6.50. The lowest BCUT2D eigenvalue weighted by atomic mass is 9.73. The summed E-state index contributed by atoms with van der Waals surface area (Å²) in [5.74, 6) is 1.29. The summed E-state index contributed by atoms with van der Waals surface area (Å²) in [6.07, 6.45) is 5.41. The molecular formula is C34H44Br2N2O2. The average molecular weight is 673 g/mol. The molecular weight excluding hydrogens is 628 g/mol. The molecule has 2 amide bonds. The predicted octanol–water partition coefficient (Wildman–Crippen LogP) is 9.52. The van der Waals surface area contributed by atoms with Gasteiger partial charge in [0.05, 0.1) is 0 Å². The highest BCUT2D eigenvalue weighted by atomic mass is 79.9. The van der Waals surface area contributed by atoms with Gasteiger partial charge in [-0.2, -0.15) is 0 Å². The summed E-state index contributed by atoms with van der Waals surface area (Å²) in [7, 11) is 0. The predicted molar refractivity (Wildman–Crippen MR) is 174 cm³/mol. The number of anilines is 2. The van der Waals surface area contributed by atoms with Crippen LogP contribution in [-0.4, -0.2) is 23.9 Å². The molecule has 4 nitrogen and oxygen atoms in total. The SMILES string of the molecule is CC(C)=CC(=O)N(c1ccc(Br)c(C)c1)C(C)CCC1C[C@@H]1c1c(Br)c(C)cc2c1C(C)(C)CC(=O)N2C(C)C. The smallest absolute Gasteiger partial charge is 0.251 e. The molecule has 40 heavy (non-hydrogen) atoms. The van der Waals surface area contributed by atoms with Crippen LogP contribution in [0.3, 0.4) is 0 Å². The van der Waals surface area contributed by atoms with E-state index < -0.39 is 0 Å². The van der Waals surface area contributed by atoms with Crippen molar-refractivity contribution in [3.05, 3.63) is 67.1 Å². The van der Waals surface area contributed by atoms with Crippen molar-refractivity contribution in [2.75, 3.05) is 9.80 Å². The Bertz CT molecular complexity index is 1360. The number of carbonyl (C=O) groups is 2. The van der Waals surface area contributed by atoms with E-state index in [1.165, 1.54) is 21.2 Å². The number of amides is 2. The van der Waals surface area contributed by atoms with Crippen molar-refractivity contribution in [1.29, 1.82) is 0 Å². The Labute approximate surface area is 257 Å². The monoisotopic (exact) mass is 670 g/mol. The molecule has 2 aliphatic rings. The van der Waals surface area contributed by atoms with Crippen molar-refractivity contribution < 1.29 is 9.59 Å². The van der Waals surface area contributed by atoms with Crippen LogP contribution in [0.5, 0.6) is 0 Å². The van der Waals surface area contributed by atoms with Crippen LogP contribution < -0.4 is 9.80 Å². The van der Waals surface area contributed by atoms with E-state index in [-0.39, 0.29) is 29.3 Å². The molecule has 2 aromatic carbocycles. The van der Waals surface area contributed by atoms with Crippen molar-refractivity contribution in [3.8, 4) is 0 Å². The van der Waals surface area contributed by atoms with Gasteiger partial charge in [0, 0.05) is 50.3 Å². The first-order valence-electron chi connectivity index (χ1n) is 14.5. The number of hydrogen-bond acceptors (Lipinski definition) is 2. The summed E-state index contributed by atoms with van der Waals surface area (Å²) in [5.41, 5.74) is 7.87. The fraction of sp³-hybridized carbons (Fsp3) is 0.529. The third kappa shape index (κ3) is 6.13. The van der Waals surface area contributed by atoms with Crippen LogP contribution in [0.15, 0.2) is 44.9 Å². The lowest BCUT2D eigenvalue weighted by molar-refractivity contribution is -0.120. The van der Waals surface area contributed by atoms with Gasteiger partial charge in [-0.05, 0) is 126 Å². The van der Waals surface area contributed by atoms with Gasteiger partial charge in [-0.25, -0.2) is 0 Å². The number of carbonyl (C=O) groups excluding carboxylic acids is 2. The molecule has 0 saturated heterocycles. The minimum absolute atomic E-state index is 0.0391. The van der Waals surface area contributed by atoms with Crippen LogP contribution in [0.2, 0.25) is 0 Å². The number of allylic oxidation sites excluding steroid dienone is 1. The summed E-state index contributed by atoms with van der Waals surface area (Å²) in [4.78, 5) is 30.5. The minimum Gasteiger partial charge on any atom is -0.310 e. The van der Waals surface area contributed by atoms with E-state index in [1.807, 2.05) is 35.8 Å². The molecule has 1 saturated carbocycles. The number of benzene rings is 2. The molecule has 0 aromatic heterocycles. The number of fused-ring (bicyclic) bond motifs is 1. The highest BCUT2D eigenvalue weighted by Gasteiger charge is 2.47. The van der Waals surface area contributed by atoms with Crippen molar-refractivity contribution in [1.82, 2.24) is 0 Å². The topological polar surface area (TPSA) is 40.6 Å². The van der Waals surface area contributed by atoms with Crippen molar-refractivity contribution in [2.24, 2.45) is 5.92 Å². The Morgan fingerprint density at radius 2 is 1.80 bits per heavy atom. The second-order valence-corrected chi connectivity index (χ2v) is 14.8. The maximum Gasteiger partial charge on any atom is 0.251 e. The second-order valence-electron chi connectivity index (χ2n) is 13.1. The zero-order chi connectivity index (χ0) is 29.7. The first kappa shape index (κ1) is 31.0. The highest BCUT2D eigenvalue weighted by molar-refractivity contribution is 9.10. The number of halogens is 2. The van der Waals surface area contributed by atoms with Crippen LogP contribution >= 0.6 is 31.9 Å². The van der Waals surface area contributed by atoms with E-state index in [4.69, 9.17) is 0 Å². The van der Waals surface area contributed by atoms with Crippen molar-refractivity contribution >= 4 is 55.0 Å². The van der Waals surface area contributed by atoms with E-state index in [2.05, 4.69) is 92.5 Å². The molecule has 6 heteroatoms. The molecule has 1 aliphatic heterocycles. The lowest BCUT2D eigenvalue weighted by Crippen LogP contribution is -2.46. The lowest BCUT2D eigenvalue weighted by Gasteiger charge is -2.42. The maximum atomic E-state index is 13.4. The summed E-state index contributed by atoms with van der Waals surface area (Å²) in [6.45, 7) is 19.0. The molecule has 2 aromatic rings. The summed E-state index contributed by atoms with van der Waals surface area (Å²) < 4.78 is 2.25. The quantitative estimate of drug-likeness (QED) is 0.262. The first-order chi connectivity index (χ1) is 18.6. The molecule has 1 aliphatic carbocycles. The molecule has 2 unspecified atom stereocenters. The maximum absolute atomic E-state index is 13.4.